The second kappa shape index (κ2) is 7.19. The molecule has 6 heteroatoms. The Labute approximate surface area is 141 Å². The number of rotatable bonds is 5. The van der Waals surface area contributed by atoms with Crippen molar-refractivity contribution in [1.82, 2.24) is 10.1 Å². The van der Waals surface area contributed by atoms with Gasteiger partial charge in [-0.1, -0.05) is 47.6 Å². The summed E-state index contributed by atoms with van der Waals surface area (Å²) in [5.41, 5.74) is 1.63. The van der Waals surface area contributed by atoms with Gasteiger partial charge < -0.3 is 9.84 Å². The molecule has 2 aromatic carbocycles. The zero-order valence-corrected chi connectivity index (χ0v) is 13.8. The van der Waals surface area contributed by atoms with Gasteiger partial charge in [-0.15, -0.1) is 0 Å². The third-order valence-electron chi connectivity index (χ3n) is 3.21. The second-order valence-electron chi connectivity index (χ2n) is 4.91. The van der Waals surface area contributed by atoms with E-state index in [1.807, 2.05) is 54.6 Å². The molecule has 0 aliphatic heterocycles. The highest BCUT2D eigenvalue weighted by Gasteiger charge is 2.11. The van der Waals surface area contributed by atoms with Crippen molar-refractivity contribution in [1.29, 1.82) is 0 Å². The standard InChI is InChI=1S/C17H14BrN3O2/c18-13-8-4-5-9-14(13)19-15(22)10-11-16-20-17(21-23-16)12-6-2-1-3-7-12/h1-9H,10-11H2,(H,19,22). The van der Waals surface area contributed by atoms with Gasteiger partial charge in [0.15, 0.2) is 0 Å². The van der Waals surface area contributed by atoms with E-state index in [4.69, 9.17) is 4.52 Å². The molecule has 1 aromatic heterocycles. The quantitative estimate of drug-likeness (QED) is 0.733. The molecule has 0 radical (unpaired) electrons. The van der Waals surface area contributed by atoms with Crippen LogP contribution in [0.25, 0.3) is 11.4 Å². The minimum atomic E-state index is -0.101. The molecule has 3 aromatic rings. The molecule has 0 atom stereocenters. The zero-order chi connectivity index (χ0) is 16.1. The zero-order valence-electron chi connectivity index (χ0n) is 12.2. The predicted octanol–water partition coefficient (Wildman–Crippen LogP) is 4.07. The third kappa shape index (κ3) is 4.04. The van der Waals surface area contributed by atoms with Crippen molar-refractivity contribution in [3.63, 3.8) is 0 Å². The number of amides is 1. The van der Waals surface area contributed by atoms with Gasteiger partial charge in [0.05, 0.1) is 5.69 Å². The summed E-state index contributed by atoms with van der Waals surface area (Å²) in [6.07, 6.45) is 0.674. The number of carbonyl (C=O) groups is 1. The summed E-state index contributed by atoms with van der Waals surface area (Å²) in [5, 5.41) is 6.78. The van der Waals surface area contributed by atoms with E-state index in [0.29, 0.717) is 18.1 Å². The highest BCUT2D eigenvalue weighted by atomic mass is 79.9. The van der Waals surface area contributed by atoms with Crippen LogP contribution in [0.3, 0.4) is 0 Å². The van der Waals surface area contributed by atoms with E-state index in [1.165, 1.54) is 0 Å². The van der Waals surface area contributed by atoms with Crippen LogP contribution in [0.15, 0.2) is 63.6 Å². The first kappa shape index (κ1) is 15.4. The van der Waals surface area contributed by atoms with Gasteiger partial charge in [0.25, 0.3) is 0 Å². The summed E-state index contributed by atoms with van der Waals surface area (Å²) < 4.78 is 6.04. The lowest BCUT2D eigenvalue weighted by molar-refractivity contribution is -0.116. The van der Waals surface area contributed by atoms with Gasteiger partial charge in [-0.25, -0.2) is 0 Å². The maximum atomic E-state index is 12.0. The Balaban J connectivity index is 1.58. The number of hydrogen-bond acceptors (Lipinski definition) is 4. The minimum absolute atomic E-state index is 0.101. The van der Waals surface area contributed by atoms with E-state index in [-0.39, 0.29) is 12.3 Å². The van der Waals surface area contributed by atoms with E-state index in [2.05, 4.69) is 31.4 Å². The summed E-state index contributed by atoms with van der Waals surface area (Å²) in [7, 11) is 0. The smallest absolute Gasteiger partial charge is 0.227 e. The number of anilines is 1. The van der Waals surface area contributed by atoms with Crippen LogP contribution >= 0.6 is 15.9 Å². The lowest BCUT2D eigenvalue weighted by atomic mass is 10.2. The van der Waals surface area contributed by atoms with Gasteiger partial charge in [-0.3, -0.25) is 4.79 Å². The maximum absolute atomic E-state index is 12.0. The Morgan fingerprint density at radius 1 is 1.09 bits per heavy atom. The molecule has 0 aliphatic carbocycles. The lowest BCUT2D eigenvalue weighted by Gasteiger charge is -2.05. The molecule has 116 valence electrons. The normalized spacial score (nSPS) is 10.5. The molecule has 0 aliphatic rings. The van der Waals surface area contributed by atoms with Crippen molar-refractivity contribution in [3.05, 3.63) is 65.0 Å². The Hall–Kier alpha value is -2.47. The summed E-state index contributed by atoms with van der Waals surface area (Å²) in [6, 6.07) is 17.0. The molecule has 1 amide bonds. The number of carbonyl (C=O) groups excluding carboxylic acids is 1. The largest absolute Gasteiger partial charge is 0.339 e. The highest BCUT2D eigenvalue weighted by Crippen LogP contribution is 2.21. The fourth-order valence-corrected chi connectivity index (χ4v) is 2.44. The van der Waals surface area contributed by atoms with Crippen LogP contribution in [-0.4, -0.2) is 16.0 Å². The number of nitrogens with one attached hydrogen (secondary N) is 1. The van der Waals surface area contributed by atoms with Gasteiger partial charge in [0, 0.05) is 22.9 Å². The highest BCUT2D eigenvalue weighted by molar-refractivity contribution is 9.10. The molecule has 0 saturated carbocycles. The summed E-state index contributed by atoms with van der Waals surface area (Å²) in [6.45, 7) is 0. The summed E-state index contributed by atoms with van der Waals surface area (Å²) >= 11 is 3.39. The molecular weight excluding hydrogens is 358 g/mol. The van der Waals surface area contributed by atoms with E-state index in [9.17, 15) is 4.79 Å². The Kier molecular flexibility index (Phi) is 4.83. The van der Waals surface area contributed by atoms with Crippen LogP contribution in [-0.2, 0) is 11.2 Å². The number of aryl methyl sites for hydroxylation is 1. The molecule has 0 unspecified atom stereocenters. The first-order valence-corrected chi connectivity index (χ1v) is 7.94. The van der Waals surface area contributed by atoms with Gasteiger partial charge in [0.2, 0.25) is 17.6 Å². The molecule has 3 rings (SSSR count). The van der Waals surface area contributed by atoms with Crippen molar-refractivity contribution < 1.29 is 9.32 Å². The van der Waals surface area contributed by atoms with Crippen LogP contribution in [0.4, 0.5) is 5.69 Å². The maximum Gasteiger partial charge on any atom is 0.227 e. The van der Waals surface area contributed by atoms with E-state index >= 15 is 0 Å². The van der Waals surface area contributed by atoms with Crippen LogP contribution in [0.2, 0.25) is 0 Å². The summed E-state index contributed by atoms with van der Waals surface area (Å²) in [5.74, 6) is 0.884. The average Bonchev–Trinajstić information content (AvgIpc) is 3.05. The fourth-order valence-electron chi connectivity index (χ4n) is 2.06. The number of aromatic nitrogens is 2. The number of benzene rings is 2. The summed E-state index contributed by atoms with van der Waals surface area (Å²) in [4.78, 5) is 16.3. The molecule has 23 heavy (non-hydrogen) atoms. The number of nitrogens with zero attached hydrogens (tertiary/aromatic N) is 2. The van der Waals surface area contributed by atoms with Crippen molar-refractivity contribution >= 4 is 27.5 Å². The molecular formula is C17H14BrN3O2. The average molecular weight is 372 g/mol. The molecule has 0 bridgehead atoms. The fraction of sp³-hybridized carbons (Fsp3) is 0.118. The van der Waals surface area contributed by atoms with Crippen LogP contribution in [0.1, 0.15) is 12.3 Å². The minimum Gasteiger partial charge on any atom is -0.339 e. The number of para-hydroxylation sites is 1. The van der Waals surface area contributed by atoms with Crippen LogP contribution < -0.4 is 5.32 Å². The van der Waals surface area contributed by atoms with Gasteiger partial charge in [-0.2, -0.15) is 4.98 Å². The van der Waals surface area contributed by atoms with Crippen LogP contribution in [0.5, 0.6) is 0 Å². The van der Waals surface area contributed by atoms with Gasteiger partial charge >= 0.3 is 0 Å². The monoisotopic (exact) mass is 371 g/mol. The molecule has 0 fully saturated rings. The molecule has 1 N–H and O–H groups in total. The Morgan fingerprint density at radius 2 is 1.83 bits per heavy atom. The first-order valence-electron chi connectivity index (χ1n) is 7.15. The van der Waals surface area contributed by atoms with Gasteiger partial charge in [-0.05, 0) is 28.1 Å². The first-order chi connectivity index (χ1) is 11.2. The second-order valence-corrected chi connectivity index (χ2v) is 5.76. The van der Waals surface area contributed by atoms with E-state index in [0.717, 1.165) is 15.7 Å². The van der Waals surface area contributed by atoms with Crippen LogP contribution in [0, 0.1) is 0 Å². The SMILES string of the molecule is O=C(CCc1nc(-c2ccccc2)no1)Nc1ccccc1Br. The van der Waals surface area contributed by atoms with Gasteiger partial charge in [0.1, 0.15) is 0 Å². The molecule has 5 nitrogen and oxygen atoms in total. The topological polar surface area (TPSA) is 68.0 Å². The molecule has 1 heterocycles. The van der Waals surface area contributed by atoms with Crippen molar-refractivity contribution in [2.24, 2.45) is 0 Å². The van der Waals surface area contributed by atoms with Crippen molar-refractivity contribution in [2.45, 2.75) is 12.8 Å². The number of halogens is 1. The third-order valence-corrected chi connectivity index (χ3v) is 3.91. The number of hydrogen-bond donors (Lipinski definition) is 1. The van der Waals surface area contributed by atoms with E-state index in [1.54, 1.807) is 0 Å². The lowest BCUT2D eigenvalue weighted by Crippen LogP contribution is -2.12. The van der Waals surface area contributed by atoms with Crippen molar-refractivity contribution in [3.8, 4) is 11.4 Å². The molecule has 0 spiro atoms. The van der Waals surface area contributed by atoms with Crippen molar-refractivity contribution in [2.75, 3.05) is 5.32 Å². The Bertz CT molecular complexity index is 802. The van der Waals surface area contributed by atoms with E-state index < -0.39 is 0 Å². The molecule has 0 saturated heterocycles. The predicted molar refractivity (Wildman–Crippen MR) is 90.8 cm³/mol. The Morgan fingerprint density at radius 3 is 2.61 bits per heavy atom.